The Morgan fingerprint density at radius 1 is 1.48 bits per heavy atom. The number of halogens is 1. The van der Waals surface area contributed by atoms with Crippen LogP contribution in [0.5, 0.6) is 0 Å². The number of hydrogen-bond donors (Lipinski definition) is 0. The van der Waals surface area contributed by atoms with Crippen LogP contribution < -0.4 is 0 Å². The van der Waals surface area contributed by atoms with Gasteiger partial charge in [-0.15, -0.1) is 0 Å². The fraction of sp³-hybridized carbons (Fsp3) is 0.562. The third-order valence-electron chi connectivity index (χ3n) is 5.25. The van der Waals surface area contributed by atoms with Crippen LogP contribution in [0.4, 0.5) is 0 Å². The summed E-state index contributed by atoms with van der Waals surface area (Å²) in [6.07, 6.45) is 3.70. The molecule has 1 heterocycles. The van der Waals surface area contributed by atoms with E-state index in [0.29, 0.717) is 0 Å². The third kappa shape index (κ3) is 1.72. The van der Waals surface area contributed by atoms with E-state index in [9.17, 15) is 10.1 Å². The van der Waals surface area contributed by atoms with Gasteiger partial charge in [0.1, 0.15) is 10.7 Å². The summed E-state index contributed by atoms with van der Waals surface area (Å²) >= 11 is 3.60. The minimum Gasteiger partial charge on any atom is -0.293 e. The molecule has 2 atom stereocenters. The molecule has 0 spiro atoms. The molecular weight excluding hydrogens is 330 g/mol. The molecule has 1 aromatic heterocycles. The highest BCUT2D eigenvalue weighted by molar-refractivity contribution is 9.10. The van der Waals surface area contributed by atoms with Gasteiger partial charge in [-0.25, -0.2) is 0 Å². The number of nitrogens with zero attached hydrogens (tertiary/aromatic N) is 3. The Kier molecular flexibility index (Phi) is 2.97. The predicted octanol–water partition coefficient (Wildman–Crippen LogP) is 3.06. The highest BCUT2D eigenvalue weighted by Crippen LogP contribution is 2.54. The summed E-state index contributed by atoms with van der Waals surface area (Å²) in [5, 5.41) is 14.0. The van der Waals surface area contributed by atoms with E-state index in [-0.39, 0.29) is 22.7 Å². The zero-order valence-corrected chi connectivity index (χ0v) is 14.3. The number of carbonyl (C=O) groups is 1. The summed E-state index contributed by atoms with van der Waals surface area (Å²) in [5.41, 5.74) is 1.58. The summed E-state index contributed by atoms with van der Waals surface area (Å²) in [5.74, 6) is 0.134. The van der Waals surface area contributed by atoms with E-state index in [1.54, 1.807) is 0 Å². The molecule has 0 unspecified atom stereocenters. The number of allylic oxidation sites excluding steroid dienone is 2. The molecular formula is C16H18BrN3O. The Hall–Kier alpha value is -1.41. The zero-order chi connectivity index (χ0) is 15.6. The predicted molar refractivity (Wildman–Crippen MR) is 82.6 cm³/mol. The minimum atomic E-state index is -0.531. The first-order chi connectivity index (χ1) is 9.73. The van der Waals surface area contributed by atoms with Crippen LogP contribution in [0.15, 0.2) is 16.3 Å². The summed E-state index contributed by atoms with van der Waals surface area (Å²) < 4.78 is 2.83. The van der Waals surface area contributed by atoms with Crippen LogP contribution in [0.2, 0.25) is 0 Å². The molecule has 0 N–H and O–H groups in total. The smallest absolute Gasteiger partial charge is 0.178 e. The molecule has 0 amide bonds. The standard InChI is InChI=1S/C16H18BrN3O/c1-15(2)11-6-5-10-12(19-20(4)14(10)17)16(11,3)7-9(8-18)13(15)21/h7,11H,5-6H2,1-4H3/t11-,16-/m0/s1. The van der Waals surface area contributed by atoms with Gasteiger partial charge in [-0.2, -0.15) is 10.4 Å². The highest BCUT2D eigenvalue weighted by atomic mass is 79.9. The third-order valence-corrected chi connectivity index (χ3v) is 6.24. The minimum absolute atomic E-state index is 0.0362. The van der Waals surface area contributed by atoms with Crippen LogP contribution in [0, 0.1) is 22.7 Å². The SMILES string of the molecule is Cn1nc2c(c1Br)CC[C@H]1C(C)(C)C(=O)C(C#N)=C[C@]21C. The number of ketones is 1. The van der Waals surface area contributed by atoms with Gasteiger partial charge in [-0.3, -0.25) is 9.48 Å². The Morgan fingerprint density at radius 2 is 2.14 bits per heavy atom. The van der Waals surface area contributed by atoms with Crippen molar-refractivity contribution in [2.24, 2.45) is 18.4 Å². The van der Waals surface area contributed by atoms with E-state index >= 15 is 0 Å². The average Bonchev–Trinajstić information content (AvgIpc) is 2.72. The van der Waals surface area contributed by atoms with Crippen molar-refractivity contribution in [1.82, 2.24) is 9.78 Å². The van der Waals surface area contributed by atoms with E-state index in [0.717, 1.165) is 23.1 Å². The Labute approximate surface area is 133 Å². The number of nitriles is 1. The number of hydrogen-bond acceptors (Lipinski definition) is 3. The Bertz CT molecular complexity index is 723. The number of aromatic nitrogens is 2. The van der Waals surface area contributed by atoms with E-state index in [4.69, 9.17) is 0 Å². The normalized spacial score (nSPS) is 30.2. The highest BCUT2D eigenvalue weighted by Gasteiger charge is 2.55. The van der Waals surface area contributed by atoms with Crippen molar-refractivity contribution in [3.05, 3.63) is 27.5 Å². The molecule has 0 bridgehead atoms. The van der Waals surface area contributed by atoms with Crippen LogP contribution in [0.25, 0.3) is 0 Å². The topological polar surface area (TPSA) is 58.7 Å². The number of rotatable bonds is 0. The van der Waals surface area contributed by atoms with Gasteiger partial charge in [-0.1, -0.05) is 26.8 Å². The van der Waals surface area contributed by atoms with Crippen LogP contribution >= 0.6 is 15.9 Å². The zero-order valence-electron chi connectivity index (χ0n) is 12.7. The fourth-order valence-corrected chi connectivity index (χ4v) is 4.65. The molecule has 0 saturated heterocycles. The van der Waals surface area contributed by atoms with Crippen molar-refractivity contribution in [3.63, 3.8) is 0 Å². The first-order valence-corrected chi connectivity index (χ1v) is 7.92. The molecule has 3 rings (SSSR count). The molecule has 0 radical (unpaired) electrons. The monoisotopic (exact) mass is 347 g/mol. The second-order valence-corrected chi connectivity index (χ2v) is 7.59. The van der Waals surface area contributed by atoms with Gasteiger partial charge in [-0.05, 0) is 34.7 Å². The van der Waals surface area contributed by atoms with Gasteiger partial charge < -0.3 is 0 Å². The number of aryl methyl sites for hydroxylation is 1. The molecule has 0 aromatic carbocycles. The van der Waals surface area contributed by atoms with Gasteiger partial charge in [0, 0.05) is 23.4 Å². The number of Topliss-reactive ketones (excluding diaryl/α,β-unsaturated/α-hetero) is 1. The lowest BCUT2D eigenvalue weighted by atomic mass is 9.52. The molecule has 1 aromatic rings. The first kappa shape index (κ1) is 14.5. The summed E-state index contributed by atoms with van der Waals surface area (Å²) in [7, 11) is 1.91. The van der Waals surface area contributed by atoms with Crippen molar-refractivity contribution in [1.29, 1.82) is 5.26 Å². The molecule has 4 nitrogen and oxygen atoms in total. The van der Waals surface area contributed by atoms with Crippen molar-refractivity contribution in [3.8, 4) is 6.07 Å². The van der Waals surface area contributed by atoms with Crippen LogP contribution in [0.1, 0.15) is 38.4 Å². The lowest BCUT2D eigenvalue weighted by molar-refractivity contribution is -0.128. The summed E-state index contributed by atoms with van der Waals surface area (Å²) in [4.78, 5) is 12.5. The molecule has 2 aliphatic carbocycles. The lowest BCUT2D eigenvalue weighted by Gasteiger charge is -2.49. The van der Waals surface area contributed by atoms with Crippen molar-refractivity contribution in [2.75, 3.05) is 0 Å². The maximum absolute atomic E-state index is 12.5. The summed E-state index contributed by atoms with van der Waals surface area (Å²) in [6, 6.07) is 2.09. The van der Waals surface area contributed by atoms with Crippen LogP contribution in [0.3, 0.4) is 0 Å². The summed E-state index contributed by atoms with van der Waals surface area (Å²) in [6.45, 7) is 6.04. The average molecular weight is 348 g/mol. The maximum Gasteiger partial charge on any atom is 0.178 e. The Balaban J connectivity index is 2.30. The van der Waals surface area contributed by atoms with E-state index < -0.39 is 5.41 Å². The van der Waals surface area contributed by atoms with Crippen molar-refractivity contribution < 1.29 is 4.79 Å². The molecule has 21 heavy (non-hydrogen) atoms. The number of fused-ring (bicyclic) bond motifs is 3. The van der Waals surface area contributed by atoms with Gasteiger partial charge in [0.05, 0.1) is 11.3 Å². The molecule has 110 valence electrons. The lowest BCUT2D eigenvalue weighted by Crippen LogP contribution is -2.51. The largest absolute Gasteiger partial charge is 0.293 e. The fourth-order valence-electron chi connectivity index (χ4n) is 4.19. The van der Waals surface area contributed by atoms with Gasteiger partial charge in [0.25, 0.3) is 0 Å². The number of carbonyl (C=O) groups excluding carboxylic acids is 1. The maximum atomic E-state index is 12.5. The Morgan fingerprint density at radius 3 is 2.76 bits per heavy atom. The molecule has 0 fully saturated rings. The molecule has 0 saturated carbocycles. The first-order valence-electron chi connectivity index (χ1n) is 7.13. The van der Waals surface area contributed by atoms with Gasteiger partial charge in [0.15, 0.2) is 5.78 Å². The van der Waals surface area contributed by atoms with Crippen LogP contribution in [-0.2, 0) is 23.7 Å². The van der Waals surface area contributed by atoms with Gasteiger partial charge >= 0.3 is 0 Å². The second kappa shape index (κ2) is 4.30. The molecule has 2 aliphatic rings. The van der Waals surface area contributed by atoms with Crippen molar-refractivity contribution >= 4 is 21.7 Å². The quantitative estimate of drug-likeness (QED) is 0.724. The van der Waals surface area contributed by atoms with E-state index in [1.807, 2.05) is 31.7 Å². The van der Waals surface area contributed by atoms with E-state index in [2.05, 4.69) is 34.0 Å². The van der Waals surface area contributed by atoms with Crippen LogP contribution in [-0.4, -0.2) is 15.6 Å². The van der Waals surface area contributed by atoms with E-state index in [1.165, 1.54) is 5.56 Å². The molecule has 0 aliphatic heterocycles. The molecule has 5 heteroatoms. The van der Waals surface area contributed by atoms with Crippen molar-refractivity contribution in [2.45, 2.75) is 39.0 Å². The van der Waals surface area contributed by atoms with Gasteiger partial charge in [0.2, 0.25) is 0 Å². The second-order valence-electron chi connectivity index (χ2n) is 6.84.